The number of aryl methyl sites for hydroxylation is 1. The van der Waals surface area contributed by atoms with Crippen LogP contribution in [0.15, 0.2) is 71.3 Å². The lowest BCUT2D eigenvalue weighted by Gasteiger charge is -2.33. The first-order valence-corrected chi connectivity index (χ1v) is 11.8. The van der Waals surface area contributed by atoms with Crippen molar-refractivity contribution in [1.29, 1.82) is 0 Å². The highest BCUT2D eigenvalue weighted by Gasteiger charge is 2.34. The number of amides is 2. The molecule has 10 heteroatoms. The zero-order chi connectivity index (χ0) is 26.6. The van der Waals surface area contributed by atoms with Crippen LogP contribution in [0.2, 0.25) is 0 Å². The maximum atomic E-state index is 13.7. The largest absolute Gasteiger partial charge is 0.467 e. The Kier molecular flexibility index (Phi) is 7.47. The summed E-state index contributed by atoms with van der Waals surface area (Å²) >= 11 is 0. The lowest BCUT2D eigenvalue weighted by molar-refractivity contribution is -0.143. The van der Waals surface area contributed by atoms with Gasteiger partial charge in [-0.05, 0) is 74.9 Å². The number of carbonyl (C=O) groups excluding carboxylic acids is 2. The van der Waals surface area contributed by atoms with E-state index in [9.17, 15) is 14.0 Å². The molecule has 0 saturated heterocycles. The van der Waals surface area contributed by atoms with Crippen molar-refractivity contribution >= 4 is 11.8 Å². The number of halogens is 1. The summed E-state index contributed by atoms with van der Waals surface area (Å²) in [5.74, 6) is -0.335. The molecule has 192 valence electrons. The Morgan fingerprint density at radius 2 is 1.78 bits per heavy atom. The number of nitrogens with zero attached hydrogens (tertiary/aromatic N) is 5. The van der Waals surface area contributed by atoms with Crippen molar-refractivity contribution in [3.8, 4) is 11.4 Å². The average Bonchev–Trinajstić information content (AvgIpc) is 3.51. The second-order valence-electron chi connectivity index (χ2n) is 9.80. The minimum Gasteiger partial charge on any atom is -0.467 e. The van der Waals surface area contributed by atoms with E-state index in [1.807, 2.05) is 52.0 Å². The number of carbonyl (C=O) groups is 2. The smallest absolute Gasteiger partial charge is 0.247 e. The van der Waals surface area contributed by atoms with Crippen LogP contribution in [-0.2, 0) is 22.7 Å². The van der Waals surface area contributed by atoms with Crippen molar-refractivity contribution in [3.05, 3.63) is 89.6 Å². The molecule has 0 aliphatic carbocycles. The number of hydrogen-bond acceptors (Lipinski definition) is 6. The summed E-state index contributed by atoms with van der Waals surface area (Å²) in [6.07, 6.45) is 1.52. The van der Waals surface area contributed by atoms with Gasteiger partial charge in [0.1, 0.15) is 24.2 Å². The Bertz CT molecular complexity index is 1340. The van der Waals surface area contributed by atoms with Crippen LogP contribution in [0.25, 0.3) is 11.4 Å². The monoisotopic (exact) mass is 504 g/mol. The van der Waals surface area contributed by atoms with Gasteiger partial charge in [-0.1, -0.05) is 29.8 Å². The molecule has 37 heavy (non-hydrogen) atoms. The van der Waals surface area contributed by atoms with Gasteiger partial charge in [-0.25, -0.2) is 4.39 Å². The SMILES string of the molecule is Cc1ccc(C(C(=O)NC(C)(C)C)N(Cc2ccco2)C(=O)Cn2nnc(-c3ccc(F)cc3)n2)cc1. The number of hydrogen-bond donors (Lipinski definition) is 1. The molecule has 0 radical (unpaired) electrons. The minimum atomic E-state index is -0.933. The fraction of sp³-hybridized carbons (Fsp3) is 0.296. The molecule has 9 nitrogen and oxygen atoms in total. The molecule has 0 aliphatic heterocycles. The first kappa shape index (κ1) is 25.7. The number of nitrogens with one attached hydrogen (secondary N) is 1. The van der Waals surface area contributed by atoms with E-state index in [-0.39, 0.29) is 30.6 Å². The molecule has 2 amide bonds. The third-order valence-electron chi connectivity index (χ3n) is 5.51. The molecule has 0 aliphatic rings. The molecule has 2 aromatic carbocycles. The highest BCUT2D eigenvalue weighted by molar-refractivity contribution is 5.89. The number of furan rings is 1. The summed E-state index contributed by atoms with van der Waals surface area (Å²) < 4.78 is 18.8. The van der Waals surface area contributed by atoms with Crippen molar-refractivity contribution in [2.75, 3.05) is 0 Å². The first-order valence-electron chi connectivity index (χ1n) is 11.8. The molecular formula is C27H29FN6O3. The highest BCUT2D eigenvalue weighted by atomic mass is 19.1. The summed E-state index contributed by atoms with van der Waals surface area (Å²) in [6, 6.07) is 15.7. The van der Waals surface area contributed by atoms with Gasteiger partial charge < -0.3 is 14.6 Å². The van der Waals surface area contributed by atoms with Crippen molar-refractivity contribution in [2.24, 2.45) is 0 Å². The van der Waals surface area contributed by atoms with Crippen LogP contribution in [0.5, 0.6) is 0 Å². The minimum absolute atomic E-state index is 0.0570. The summed E-state index contributed by atoms with van der Waals surface area (Å²) in [7, 11) is 0. The van der Waals surface area contributed by atoms with Crippen LogP contribution >= 0.6 is 0 Å². The van der Waals surface area contributed by atoms with Gasteiger partial charge in [-0.3, -0.25) is 9.59 Å². The average molecular weight is 505 g/mol. The second kappa shape index (κ2) is 10.7. The molecule has 0 fully saturated rings. The maximum absolute atomic E-state index is 13.7. The van der Waals surface area contributed by atoms with Gasteiger partial charge in [0.05, 0.1) is 12.8 Å². The van der Waals surface area contributed by atoms with E-state index in [1.165, 1.54) is 35.4 Å². The van der Waals surface area contributed by atoms with Crippen LogP contribution in [0.4, 0.5) is 4.39 Å². The van der Waals surface area contributed by atoms with Crippen LogP contribution in [0, 0.1) is 12.7 Å². The molecule has 4 aromatic rings. The molecule has 0 bridgehead atoms. The third kappa shape index (κ3) is 6.66. The fourth-order valence-corrected chi connectivity index (χ4v) is 3.79. The maximum Gasteiger partial charge on any atom is 0.247 e. The van der Waals surface area contributed by atoms with Crippen molar-refractivity contribution in [3.63, 3.8) is 0 Å². The molecule has 0 spiro atoms. The Balaban J connectivity index is 1.66. The third-order valence-corrected chi connectivity index (χ3v) is 5.51. The van der Waals surface area contributed by atoms with Crippen molar-refractivity contribution in [1.82, 2.24) is 30.4 Å². The summed E-state index contributed by atoms with van der Waals surface area (Å²) in [4.78, 5) is 29.9. The molecule has 2 heterocycles. The predicted octanol–water partition coefficient (Wildman–Crippen LogP) is 4.07. The van der Waals surface area contributed by atoms with Crippen molar-refractivity contribution < 1.29 is 18.4 Å². The zero-order valence-corrected chi connectivity index (χ0v) is 21.2. The van der Waals surface area contributed by atoms with E-state index in [4.69, 9.17) is 4.42 Å². The van der Waals surface area contributed by atoms with E-state index < -0.39 is 17.5 Å². The molecule has 1 unspecified atom stereocenters. The summed E-state index contributed by atoms with van der Waals surface area (Å²) in [5.41, 5.74) is 1.74. The van der Waals surface area contributed by atoms with E-state index in [1.54, 1.807) is 12.1 Å². The molecule has 2 aromatic heterocycles. The quantitative estimate of drug-likeness (QED) is 0.388. The fourth-order valence-electron chi connectivity index (χ4n) is 3.79. The molecule has 1 N–H and O–H groups in total. The van der Waals surface area contributed by atoms with Crippen LogP contribution in [-0.4, -0.2) is 42.5 Å². The van der Waals surface area contributed by atoms with Crippen molar-refractivity contribution in [2.45, 2.75) is 52.4 Å². The summed E-state index contributed by atoms with van der Waals surface area (Å²) in [5, 5.41) is 15.3. The van der Waals surface area contributed by atoms with Gasteiger partial charge >= 0.3 is 0 Å². The van der Waals surface area contributed by atoms with Crippen LogP contribution in [0.1, 0.15) is 43.7 Å². The Morgan fingerprint density at radius 1 is 1.08 bits per heavy atom. The topological polar surface area (TPSA) is 106 Å². The predicted molar refractivity (Wildman–Crippen MR) is 134 cm³/mol. The van der Waals surface area contributed by atoms with Gasteiger partial charge in [-0.2, -0.15) is 4.80 Å². The Morgan fingerprint density at radius 3 is 2.41 bits per heavy atom. The number of rotatable bonds is 8. The lowest BCUT2D eigenvalue weighted by Crippen LogP contribution is -2.49. The number of tetrazole rings is 1. The normalized spacial score (nSPS) is 12.2. The van der Waals surface area contributed by atoms with Crippen LogP contribution < -0.4 is 5.32 Å². The van der Waals surface area contributed by atoms with E-state index >= 15 is 0 Å². The molecule has 4 rings (SSSR count). The zero-order valence-electron chi connectivity index (χ0n) is 21.2. The molecule has 0 saturated carbocycles. The van der Waals surface area contributed by atoms with Gasteiger partial charge in [0.2, 0.25) is 17.6 Å². The van der Waals surface area contributed by atoms with Gasteiger partial charge in [-0.15, -0.1) is 10.2 Å². The lowest BCUT2D eigenvalue weighted by atomic mass is 10.00. The second-order valence-corrected chi connectivity index (χ2v) is 9.80. The molecule has 1 atom stereocenters. The number of aromatic nitrogens is 4. The van der Waals surface area contributed by atoms with E-state index in [0.29, 0.717) is 16.9 Å². The van der Waals surface area contributed by atoms with E-state index in [2.05, 4.69) is 20.7 Å². The van der Waals surface area contributed by atoms with E-state index in [0.717, 1.165) is 10.4 Å². The van der Waals surface area contributed by atoms with Crippen LogP contribution in [0.3, 0.4) is 0 Å². The standard InChI is InChI=1S/C27H29FN6O3/c1-18-7-9-19(10-8-18)24(26(36)29-27(2,3)4)33(16-22-6-5-15-37-22)23(35)17-34-31-25(30-32-34)20-11-13-21(28)14-12-20/h5-15,24H,16-17H2,1-4H3,(H,29,36). The van der Waals surface area contributed by atoms with Gasteiger partial charge in [0.15, 0.2) is 0 Å². The summed E-state index contributed by atoms with van der Waals surface area (Å²) in [6.45, 7) is 7.39. The molecular weight excluding hydrogens is 475 g/mol. The van der Waals surface area contributed by atoms with Gasteiger partial charge in [0, 0.05) is 11.1 Å². The van der Waals surface area contributed by atoms with Gasteiger partial charge in [0.25, 0.3) is 0 Å². The Hall–Kier alpha value is -4.34. The highest BCUT2D eigenvalue weighted by Crippen LogP contribution is 2.26. The Labute approximate surface area is 214 Å². The first-order chi connectivity index (χ1) is 17.6. The number of benzene rings is 2.